The highest BCUT2D eigenvalue weighted by atomic mass is 32.2. The van der Waals surface area contributed by atoms with Crippen LogP contribution in [0.5, 0.6) is 5.75 Å². The monoisotopic (exact) mass is 327 g/mol. The Morgan fingerprint density at radius 1 is 0.913 bits per heavy atom. The lowest BCUT2D eigenvalue weighted by molar-refractivity contribution is 0.414. The minimum atomic E-state index is -3.58. The van der Waals surface area contributed by atoms with Crippen molar-refractivity contribution in [3.05, 3.63) is 72.3 Å². The number of hydrogen-bond donors (Lipinski definition) is 1. The van der Waals surface area contributed by atoms with Gasteiger partial charge in [0.2, 0.25) is 10.0 Å². The zero-order chi connectivity index (χ0) is 16.3. The first-order valence-electron chi connectivity index (χ1n) is 7.20. The number of fused-ring (bicyclic) bond motifs is 1. The van der Waals surface area contributed by atoms with Crippen LogP contribution in [0.1, 0.15) is 5.56 Å². The van der Waals surface area contributed by atoms with Crippen LogP contribution in [0.15, 0.2) is 71.6 Å². The van der Waals surface area contributed by atoms with Gasteiger partial charge in [-0.2, -0.15) is 0 Å². The molecule has 0 radical (unpaired) electrons. The van der Waals surface area contributed by atoms with Gasteiger partial charge in [-0.05, 0) is 29.1 Å². The number of benzene rings is 3. The predicted molar refractivity (Wildman–Crippen MR) is 91.0 cm³/mol. The van der Waals surface area contributed by atoms with Crippen LogP contribution in [0.4, 0.5) is 0 Å². The van der Waals surface area contributed by atoms with E-state index >= 15 is 0 Å². The minimum Gasteiger partial charge on any atom is -0.497 e. The quantitative estimate of drug-likeness (QED) is 0.782. The molecule has 0 saturated carbocycles. The van der Waals surface area contributed by atoms with Crippen molar-refractivity contribution in [3.8, 4) is 5.75 Å². The van der Waals surface area contributed by atoms with Gasteiger partial charge >= 0.3 is 0 Å². The van der Waals surface area contributed by atoms with E-state index in [1.54, 1.807) is 19.2 Å². The molecule has 0 aromatic heterocycles. The Bertz CT molecular complexity index is 913. The van der Waals surface area contributed by atoms with Gasteiger partial charge in [0.25, 0.3) is 0 Å². The van der Waals surface area contributed by atoms with E-state index < -0.39 is 10.0 Å². The third-order valence-electron chi connectivity index (χ3n) is 3.66. The summed E-state index contributed by atoms with van der Waals surface area (Å²) < 4.78 is 33.0. The molecule has 0 aliphatic rings. The van der Waals surface area contributed by atoms with E-state index in [-0.39, 0.29) is 6.54 Å². The van der Waals surface area contributed by atoms with Gasteiger partial charge < -0.3 is 4.74 Å². The van der Waals surface area contributed by atoms with E-state index in [4.69, 9.17) is 4.74 Å². The highest BCUT2D eigenvalue weighted by Gasteiger charge is 2.16. The van der Waals surface area contributed by atoms with Gasteiger partial charge in [-0.1, -0.05) is 48.5 Å². The molecule has 3 aromatic rings. The van der Waals surface area contributed by atoms with Gasteiger partial charge in [0.1, 0.15) is 5.75 Å². The maximum absolute atomic E-state index is 12.6. The third-order valence-corrected chi connectivity index (χ3v) is 5.12. The van der Waals surface area contributed by atoms with Gasteiger partial charge in [0.05, 0.1) is 12.0 Å². The van der Waals surface area contributed by atoms with Gasteiger partial charge in [-0.3, -0.25) is 0 Å². The van der Waals surface area contributed by atoms with E-state index in [1.165, 1.54) is 0 Å². The molecule has 0 heterocycles. The first-order chi connectivity index (χ1) is 11.1. The van der Waals surface area contributed by atoms with Gasteiger partial charge in [0, 0.05) is 11.9 Å². The first kappa shape index (κ1) is 15.5. The summed E-state index contributed by atoms with van der Waals surface area (Å²) in [7, 11) is -1.99. The Labute approximate surface area is 135 Å². The molecule has 3 aromatic carbocycles. The van der Waals surface area contributed by atoms with Crippen LogP contribution in [0.25, 0.3) is 10.8 Å². The lowest BCUT2D eigenvalue weighted by Crippen LogP contribution is -2.23. The number of methoxy groups -OCH3 is 1. The minimum absolute atomic E-state index is 0.232. The molecule has 0 aliphatic heterocycles. The van der Waals surface area contributed by atoms with Crippen LogP contribution in [0.3, 0.4) is 0 Å². The molecule has 5 heteroatoms. The zero-order valence-electron chi connectivity index (χ0n) is 12.7. The summed E-state index contributed by atoms with van der Waals surface area (Å²) in [4.78, 5) is 0.295. The third kappa shape index (κ3) is 3.36. The molecule has 1 N–H and O–H groups in total. The Morgan fingerprint density at radius 2 is 1.61 bits per heavy atom. The predicted octanol–water partition coefficient (Wildman–Crippen LogP) is 3.33. The SMILES string of the molecule is COc1ccc(CNS(=O)(=O)c2cccc3ccccc23)cc1. The molecule has 0 spiro atoms. The molecule has 0 unspecified atom stereocenters. The normalized spacial score (nSPS) is 11.5. The highest BCUT2D eigenvalue weighted by Crippen LogP contribution is 2.22. The zero-order valence-corrected chi connectivity index (χ0v) is 13.5. The molecule has 4 nitrogen and oxygen atoms in total. The Kier molecular flexibility index (Phi) is 4.32. The van der Waals surface area contributed by atoms with Crippen molar-refractivity contribution < 1.29 is 13.2 Å². The van der Waals surface area contributed by atoms with Crippen molar-refractivity contribution in [3.63, 3.8) is 0 Å². The molecule has 23 heavy (non-hydrogen) atoms. The van der Waals surface area contributed by atoms with E-state index in [2.05, 4.69) is 4.72 Å². The van der Waals surface area contributed by atoms with Gasteiger partial charge in [-0.15, -0.1) is 0 Å². The molecule has 0 fully saturated rings. The van der Waals surface area contributed by atoms with Crippen molar-refractivity contribution in [2.24, 2.45) is 0 Å². The van der Waals surface area contributed by atoms with E-state index in [1.807, 2.05) is 54.6 Å². The average Bonchev–Trinajstić information content (AvgIpc) is 2.60. The van der Waals surface area contributed by atoms with E-state index in [9.17, 15) is 8.42 Å². The fraction of sp³-hybridized carbons (Fsp3) is 0.111. The van der Waals surface area contributed by atoms with Crippen molar-refractivity contribution in [1.29, 1.82) is 0 Å². The summed E-state index contributed by atoms with van der Waals surface area (Å²) in [6, 6.07) is 20.0. The first-order valence-corrected chi connectivity index (χ1v) is 8.69. The van der Waals surface area contributed by atoms with Gasteiger partial charge in [-0.25, -0.2) is 13.1 Å². The van der Waals surface area contributed by atoms with Crippen molar-refractivity contribution in [2.45, 2.75) is 11.4 Å². The number of sulfonamides is 1. The summed E-state index contributed by atoms with van der Waals surface area (Å²) in [5.41, 5.74) is 0.870. The summed E-state index contributed by atoms with van der Waals surface area (Å²) in [5.74, 6) is 0.741. The summed E-state index contributed by atoms with van der Waals surface area (Å²) >= 11 is 0. The fourth-order valence-electron chi connectivity index (χ4n) is 2.43. The average molecular weight is 327 g/mol. The number of hydrogen-bond acceptors (Lipinski definition) is 3. The maximum atomic E-state index is 12.6. The van der Waals surface area contributed by atoms with Crippen LogP contribution in [0.2, 0.25) is 0 Å². The molecule has 0 aliphatic carbocycles. The lowest BCUT2D eigenvalue weighted by Gasteiger charge is -2.10. The van der Waals surface area contributed by atoms with Crippen molar-refractivity contribution in [2.75, 3.05) is 7.11 Å². The van der Waals surface area contributed by atoms with Crippen LogP contribution in [-0.2, 0) is 16.6 Å². The summed E-state index contributed by atoms with van der Waals surface area (Å²) in [6.45, 7) is 0.232. The van der Waals surface area contributed by atoms with Crippen LogP contribution < -0.4 is 9.46 Å². The van der Waals surface area contributed by atoms with Crippen molar-refractivity contribution in [1.82, 2.24) is 4.72 Å². The molecular weight excluding hydrogens is 310 g/mol. The molecule has 0 bridgehead atoms. The number of ether oxygens (including phenoxy) is 1. The highest BCUT2D eigenvalue weighted by molar-refractivity contribution is 7.89. The van der Waals surface area contributed by atoms with E-state index in [0.717, 1.165) is 22.1 Å². The Balaban J connectivity index is 1.85. The standard InChI is InChI=1S/C18H17NO3S/c1-22-16-11-9-14(10-12-16)13-19-23(20,21)18-8-4-6-15-5-2-3-7-17(15)18/h2-12,19H,13H2,1H3. The number of rotatable bonds is 5. The summed E-state index contributed by atoms with van der Waals surface area (Å²) in [5, 5.41) is 1.62. The second-order valence-electron chi connectivity index (χ2n) is 5.15. The van der Waals surface area contributed by atoms with Crippen LogP contribution in [0, 0.1) is 0 Å². The maximum Gasteiger partial charge on any atom is 0.241 e. The Morgan fingerprint density at radius 3 is 2.35 bits per heavy atom. The smallest absolute Gasteiger partial charge is 0.241 e. The topological polar surface area (TPSA) is 55.4 Å². The van der Waals surface area contributed by atoms with Gasteiger partial charge in [0.15, 0.2) is 0 Å². The molecule has 0 saturated heterocycles. The summed E-state index contributed by atoms with van der Waals surface area (Å²) in [6.07, 6.45) is 0. The fourth-order valence-corrected chi connectivity index (χ4v) is 3.67. The molecule has 0 amide bonds. The lowest BCUT2D eigenvalue weighted by atomic mass is 10.1. The van der Waals surface area contributed by atoms with Crippen molar-refractivity contribution >= 4 is 20.8 Å². The molecular formula is C18H17NO3S. The Hall–Kier alpha value is -2.37. The second-order valence-corrected chi connectivity index (χ2v) is 6.89. The molecule has 118 valence electrons. The molecule has 0 atom stereocenters. The number of nitrogens with one attached hydrogen (secondary N) is 1. The second kappa shape index (κ2) is 6.40. The van der Waals surface area contributed by atoms with Crippen LogP contribution >= 0.6 is 0 Å². The van der Waals surface area contributed by atoms with Crippen LogP contribution in [-0.4, -0.2) is 15.5 Å². The molecule has 3 rings (SSSR count). The van der Waals surface area contributed by atoms with E-state index in [0.29, 0.717) is 4.90 Å². The largest absolute Gasteiger partial charge is 0.497 e.